The third kappa shape index (κ3) is 2.19. The number of ether oxygens (including phenoxy) is 1. The van der Waals surface area contributed by atoms with Crippen LogP contribution in [0.3, 0.4) is 0 Å². The SMILES string of the molecule is COc1ccccc1[C@H]1CC(=O)Nc2c1c(=O)n(C)c1nc3ccccc3n21. The maximum atomic E-state index is 13.3. The summed E-state index contributed by atoms with van der Waals surface area (Å²) >= 11 is 0. The van der Waals surface area contributed by atoms with Gasteiger partial charge in [-0.2, -0.15) is 0 Å². The topological polar surface area (TPSA) is 77.6 Å². The number of aromatic nitrogens is 3. The van der Waals surface area contributed by atoms with Gasteiger partial charge in [-0.1, -0.05) is 30.3 Å². The first kappa shape index (κ1) is 16.6. The molecule has 0 bridgehead atoms. The van der Waals surface area contributed by atoms with Crippen molar-refractivity contribution in [3.63, 3.8) is 0 Å². The van der Waals surface area contributed by atoms with Crippen LogP contribution in [0.1, 0.15) is 23.5 Å². The van der Waals surface area contributed by atoms with Gasteiger partial charge in [0.15, 0.2) is 0 Å². The number of aryl methyl sites for hydroxylation is 1. The molecule has 0 saturated heterocycles. The number of benzene rings is 2. The molecule has 1 N–H and O–H groups in total. The zero-order chi connectivity index (χ0) is 19.4. The Kier molecular flexibility index (Phi) is 3.52. The summed E-state index contributed by atoms with van der Waals surface area (Å²) in [4.78, 5) is 30.5. The number of carbonyl (C=O) groups is 1. The lowest BCUT2D eigenvalue weighted by molar-refractivity contribution is -0.116. The monoisotopic (exact) mass is 374 g/mol. The summed E-state index contributed by atoms with van der Waals surface area (Å²) in [7, 11) is 3.30. The van der Waals surface area contributed by atoms with Crippen molar-refractivity contribution in [2.45, 2.75) is 12.3 Å². The molecule has 28 heavy (non-hydrogen) atoms. The summed E-state index contributed by atoms with van der Waals surface area (Å²) < 4.78 is 8.90. The van der Waals surface area contributed by atoms with Crippen molar-refractivity contribution in [2.75, 3.05) is 12.4 Å². The van der Waals surface area contributed by atoms with Crippen molar-refractivity contribution in [2.24, 2.45) is 7.05 Å². The summed E-state index contributed by atoms with van der Waals surface area (Å²) in [5, 5.41) is 2.92. The fourth-order valence-corrected chi connectivity index (χ4v) is 4.08. The van der Waals surface area contributed by atoms with Crippen molar-refractivity contribution in [1.82, 2.24) is 14.0 Å². The zero-order valence-electron chi connectivity index (χ0n) is 15.5. The van der Waals surface area contributed by atoms with Gasteiger partial charge >= 0.3 is 0 Å². The Bertz CT molecular complexity index is 1320. The molecule has 0 radical (unpaired) electrons. The number of fused-ring (bicyclic) bond motifs is 5. The molecule has 0 saturated carbocycles. The van der Waals surface area contributed by atoms with Gasteiger partial charge in [0.05, 0.1) is 23.7 Å². The van der Waals surface area contributed by atoms with Crippen LogP contribution in [0.4, 0.5) is 5.82 Å². The molecule has 5 rings (SSSR count). The fraction of sp³-hybridized carbons (Fsp3) is 0.190. The zero-order valence-corrected chi connectivity index (χ0v) is 15.5. The molecule has 7 heteroatoms. The lowest BCUT2D eigenvalue weighted by Crippen LogP contribution is -2.35. The second-order valence-corrected chi connectivity index (χ2v) is 6.91. The van der Waals surface area contributed by atoms with Gasteiger partial charge in [0, 0.05) is 24.9 Å². The largest absolute Gasteiger partial charge is 0.496 e. The van der Waals surface area contributed by atoms with E-state index in [1.807, 2.05) is 52.9 Å². The van der Waals surface area contributed by atoms with E-state index in [4.69, 9.17) is 4.74 Å². The average Bonchev–Trinajstić information content (AvgIpc) is 3.11. The van der Waals surface area contributed by atoms with E-state index in [0.717, 1.165) is 16.6 Å². The van der Waals surface area contributed by atoms with Crippen molar-refractivity contribution >= 4 is 28.5 Å². The summed E-state index contributed by atoms with van der Waals surface area (Å²) in [6.07, 6.45) is 0.181. The third-order valence-corrected chi connectivity index (χ3v) is 5.37. The molecule has 1 amide bonds. The van der Waals surface area contributed by atoms with Gasteiger partial charge in [-0.15, -0.1) is 0 Å². The van der Waals surface area contributed by atoms with Crippen molar-refractivity contribution in [3.8, 4) is 5.75 Å². The molecule has 1 aliphatic rings. The highest BCUT2D eigenvalue weighted by Gasteiger charge is 2.34. The predicted octanol–water partition coefficient (Wildman–Crippen LogP) is 2.67. The second kappa shape index (κ2) is 5.95. The van der Waals surface area contributed by atoms with E-state index in [0.29, 0.717) is 22.9 Å². The number of anilines is 1. The third-order valence-electron chi connectivity index (χ3n) is 5.37. The van der Waals surface area contributed by atoms with Gasteiger partial charge in [-0.05, 0) is 18.2 Å². The Hall–Kier alpha value is -3.61. The molecule has 140 valence electrons. The molecule has 7 nitrogen and oxygen atoms in total. The van der Waals surface area contributed by atoms with Crippen LogP contribution in [0.2, 0.25) is 0 Å². The summed E-state index contributed by atoms with van der Waals surface area (Å²) in [6, 6.07) is 15.1. The van der Waals surface area contributed by atoms with E-state index in [2.05, 4.69) is 10.3 Å². The highest BCUT2D eigenvalue weighted by molar-refractivity contribution is 5.96. The lowest BCUT2D eigenvalue weighted by atomic mass is 9.86. The highest BCUT2D eigenvalue weighted by atomic mass is 16.5. The Morgan fingerprint density at radius 3 is 2.68 bits per heavy atom. The second-order valence-electron chi connectivity index (χ2n) is 6.91. The number of para-hydroxylation sites is 3. The summed E-state index contributed by atoms with van der Waals surface area (Å²) in [5.41, 5.74) is 2.79. The smallest absolute Gasteiger partial charge is 0.260 e. The number of amides is 1. The number of hydrogen-bond donors (Lipinski definition) is 1. The molecule has 0 spiro atoms. The maximum absolute atomic E-state index is 13.3. The fourth-order valence-electron chi connectivity index (χ4n) is 4.08. The highest BCUT2D eigenvalue weighted by Crippen LogP contribution is 2.39. The van der Waals surface area contributed by atoms with Crippen LogP contribution >= 0.6 is 0 Å². The normalized spacial score (nSPS) is 16.2. The standard InChI is InChI=1S/C21H18N4O3/c1-24-20(27)18-13(12-7-3-6-10-16(12)28-2)11-17(26)23-19(18)25-15-9-5-4-8-14(15)22-21(24)25/h3-10,13H,11H2,1-2H3,(H,23,26)/t13-/m1/s1. The molecule has 4 aromatic rings. The van der Waals surface area contributed by atoms with Gasteiger partial charge in [-0.3, -0.25) is 18.6 Å². The molecule has 2 aromatic heterocycles. The van der Waals surface area contributed by atoms with Crippen molar-refractivity contribution in [3.05, 3.63) is 70.0 Å². The average molecular weight is 374 g/mol. The Morgan fingerprint density at radius 2 is 1.86 bits per heavy atom. The first-order valence-corrected chi connectivity index (χ1v) is 9.03. The van der Waals surface area contributed by atoms with Crippen LogP contribution in [-0.2, 0) is 11.8 Å². The summed E-state index contributed by atoms with van der Waals surface area (Å²) in [5.74, 6) is 1.09. The number of nitrogens with one attached hydrogen (secondary N) is 1. The van der Waals surface area contributed by atoms with E-state index in [1.54, 1.807) is 18.7 Å². The van der Waals surface area contributed by atoms with Crippen LogP contribution in [-0.4, -0.2) is 27.0 Å². The number of hydrogen-bond acceptors (Lipinski definition) is 4. The van der Waals surface area contributed by atoms with Gasteiger partial charge in [0.25, 0.3) is 5.56 Å². The Balaban J connectivity index is 1.91. The molecule has 3 heterocycles. The minimum Gasteiger partial charge on any atom is -0.496 e. The molecule has 1 atom stereocenters. The van der Waals surface area contributed by atoms with Crippen molar-refractivity contribution in [1.29, 1.82) is 0 Å². The van der Waals surface area contributed by atoms with E-state index < -0.39 is 5.92 Å². The van der Waals surface area contributed by atoms with E-state index in [9.17, 15) is 9.59 Å². The van der Waals surface area contributed by atoms with E-state index in [1.165, 1.54) is 0 Å². The quantitative estimate of drug-likeness (QED) is 0.585. The van der Waals surface area contributed by atoms with Crippen LogP contribution < -0.4 is 15.6 Å². The molecule has 0 unspecified atom stereocenters. The number of imidazole rings is 1. The van der Waals surface area contributed by atoms with Gasteiger partial charge in [-0.25, -0.2) is 4.98 Å². The minimum atomic E-state index is -0.399. The Morgan fingerprint density at radius 1 is 1.11 bits per heavy atom. The summed E-state index contributed by atoms with van der Waals surface area (Å²) in [6.45, 7) is 0. The predicted molar refractivity (Wildman–Crippen MR) is 106 cm³/mol. The van der Waals surface area contributed by atoms with Gasteiger partial charge in [0.2, 0.25) is 11.7 Å². The van der Waals surface area contributed by atoms with Crippen LogP contribution in [0.25, 0.3) is 16.8 Å². The van der Waals surface area contributed by atoms with Crippen molar-refractivity contribution < 1.29 is 9.53 Å². The Labute approximate surface area is 160 Å². The number of carbonyl (C=O) groups excluding carboxylic acids is 1. The first-order chi connectivity index (χ1) is 13.6. The molecule has 0 fully saturated rings. The number of methoxy groups -OCH3 is 1. The van der Waals surface area contributed by atoms with E-state index >= 15 is 0 Å². The molecule has 2 aromatic carbocycles. The molecular weight excluding hydrogens is 356 g/mol. The first-order valence-electron chi connectivity index (χ1n) is 9.03. The lowest BCUT2D eigenvalue weighted by Gasteiger charge is -2.27. The number of rotatable bonds is 2. The van der Waals surface area contributed by atoms with Crippen LogP contribution in [0, 0.1) is 0 Å². The molecule has 1 aliphatic heterocycles. The van der Waals surface area contributed by atoms with Crippen LogP contribution in [0.5, 0.6) is 5.75 Å². The maximum Gasteiger partial charge on any atom is 0.260 e. The molecular formula is C21H18N4O3. The van der Waals surface area contributed by atoms with Gasteiger partial charge < -0.3 is 10.1 Å². The number of nitrogens with zero attached hydrogens (tertiary/aromatic N) is 3. The van der Waals surface area contributed by atoms with Crippen LogP contribution in [0.15, 0.2) is 53.3 Å². The minimum absolute atomic E-state index is 0.143. The van der Waals surface area contributed by atoms with E-state index in [-0.39, 0.29) is 17.9 Å². The molecule has 0 aliphatic carbocycles. The van der Waals surface area contributed by atoms with Gasteiger partial charge in [0.1, 0.15) is 11.6 Å².